The molecule has 0 spiro atoms. The lowest BCUT2D eigenvalue weighted by atomic mass is 9.87. The summed E-state index contributed by atoms with van der Waals surface area (Å²) in [6, 6.07) is 1.44. The fourth-order valence-electron chi connectivity index (χ4n) is 2.40. The summed E-state index contributed by atoms with van der Waals surface area (Å²) in [5.74, 6) is 0.965. The van der Waals surface area contributed by atoms with Crippen LogP contribution in [0, 0.1) is 5.92 Å². The van der Waals surface area contributed by atoms with Crippen LogP contribution in [0.5, 0.6) is 0 Å². The average Bonchev–Trinajstić information content (AvgIpc) is 2.79. The predicted octanol–water partition coefficient (Wildman–Crippen LogP) is 2.72. The zero-order valence-corrected chi connectivity index (χ0v) is 10.5. The van der Waals surface area contributed by atoms with Gasteiger partial charge in [-0.05, 0) is 59.3 Å². The molecule has 0 heterocycles. The van der Waals surface area contributed by atoms with E-state index in [1.54, 1.807) is 0 Å². The first-order valence-corrected chi connectivity index (χ1v) is 6.38. The van der Waals surface area contributed by atoms with Crippen molar-refractivity contribution in [2.75, 3.05) is 0 Å². The molecule has 88 valence electrons. The largest absolute Gasteiger partial charge is 0.373 e. The van der Waals surface area contributed by atoms with E-state index < -0.39 is 0 Å². The molecule has 0 aromatic heterocycles. The zero-order valence-electron chi connectivity index (χ0n) is 10.5. The summed E-state index contributed by atoms with van der Waals surface area (Å²) in [6.45, 7) is 8.75. The normalized spacial score (nSPS) is 33.6. The molecule has 2 saturated carbocycles. The van der Waals surface area contributed by atoms with Crippen molar-refractivity contribution in [2.24, 2.45) is 5.92 Å². The van der Waals surface area contributed by atoms with Crippen LogP contribution in [0.3, 0.4) is 0 Å². The van der Waals surface area contributed by atoms with Gasteiger partial charge in [0.05, 0.1) is 11.7 Å². The van der Waals surface area contributed by atoms with Crippen LogP contribution in [-0.4, -0.2) is 23.8 Å². The van der Waals surface area contributed by atoms with Crippen LogP contribution < -0.4 is 5.32 Å². The molecule has 2 aliphatic carbocycles. The summed E-state index contributed by atoms with van der Waals surface area (Å²) in [7, 11) is 0. The topological polar surface area (TPSA) is 21.3 Å². The van der Waals surface area contributed by atoms with Crippen molar-refractivity contribution >= 4 is 0 Å². The summed E-state index contributed by atoms with van der Waals surface area (Å²) < 4.78 is 5.92. The Morgan fingerprint density at radius 3 is 2.27 bits per heavy atom. The van der Waals surface area contributed by atoms with Gasteiger partial charge in [-0.1, -0.05) is 0 Å². The summed E-state index contributed by atoms with van der Waals surface area (Å²) in [4.78, 5) is 0. The number of rotatable bonds is 4. The summed E-state index contributed by atoms with van der Waals surface area (Å²) in [5.41, 5.74) is 0.0255. The molecule has 2 fully saturated rings. The van der Waals surface area contributed by atoms with Crippen LogP contribution >= 0.6 is 0 Å². The molecule has 0 amide bonds. The second kappa shape index (κ2) is 4.06. The van der Waals surface area contributed by atoms with E-state index in [4.69, 9.17) is 4.74 Å². The first-order valence-electron chi connectivity index (χ1n) is 6.38. The predicted molar refractivity (Wildman–Crippen MR) is 63.0 cm³/mol. The third-order valence-electron chi connectivity index (χ3n) is 3.44. The molecule has 0 aliphatic heterocycles. The Morgan fingerprint density at radius 1 is 1.20 bits per heavy atom. The van der Waals surface area contributed by atoms with Gasteiger partial charge < -0.3 is 10.1 Å². The number of ether oxygens (including phenoxy) is 1. The van der Waals surface area contributed by atoms with Crippen molar-refractivity contribution in [3.05, 3.63) is 0 Å². The van der Waals surface area contributed by atoms with Gasteiger partial charge in [-0.25, -0.2) is 0 Å². The van der Waals surface area contributed by atoms with E-state index in [9.17, 15) is 0 Å². The maximum atomic E-state index is 5.92. The van der Waals surface area contributed by atoms with E-state index in [1.807, 2.05) is 0 Å². The van der Waals surface area contributed by atoms with Crippen molar-refractivity contribution in [1.82, 2.24) is 5.32 Å². The van der Waals surface area contributed by atoms with E-state index in [0.717, 1.165) is 12.0 Å². The van der Waals surface area contributed by atoms with Gasteiger partial charge in [0.25, 0.3) is 0 Å². The molecule has 2 heteroatoms. The minimum Gasteiger partial charge on any atom is -0.373 e. The van der Waals surface area contributed by atoms with Crippen LogP contribution in [0.4, 0.5) is 0 Å². The first-order chi connectivity index (χ1) is 6.94. The van der Waals surface area contributed by atoms with Gasteiger partial charge in [-0.15, -0.1) is 0 Å². The Bertz CT molecular complexity index is 211. The Hall–Kier alpha value is -0.0800. The minimum absolute atomic E-state index is 0.0255. The lowest BCUT2D eigenvalue weighted by Gasteiger charge is -2.41. The van der Waals surface area contributed by atoms with E-state index in [1.165, 1.54) is 25.7 Å². The van der Waals surface area contributed by atoms with Gasteiger partial charge >= 0.3 is 0 Å². The quantitative estimate of drug-likeness (QED) is 0.772. The van der Waals surface area contributed by atoms with E-state index in [2.05, 4.69) is 33.0 Å². The van der Waals surface area contributed by atoms with Crippen molar-refractivity contribution < 1.29 is 4.74 Å². The number of hydrogen-bond acceptors (Lipinski definition) is 2. The molecule has 1 N–H and O–H groups in total. The van der Waals surface area contributed by atoms with E-state index in [0.29, 0.717) is 12.1 Å². The summed E-state index contributed by atoms with van der Waals surface area (Å²) in [5, 5.41) is 3.71. The molecular weight excluding hydrogens is 186 g/mol. The first kappa shape index (κ1) is 11.4. The Morgan fingerprint density at radius 2 is 1.80 bits per heavy atom. The fourth-order valence-corrected chi connectivity index (χ4v) is 2.40. The molecule has 0 aromatic carbocycles. The molecule has 0 bridgehead atoms. The lowest BCUT2D eigenvalue weighted by Crippen LogP contribution is -2.50. The highest BCUT2D eigenvalue weighted by Gasteiger charge is 2.36. The minimum atomic E-state index is 0.0255. The smallest absolute Gasteiger partial charge is 0.0612 e. The van der Waals surface area contributed by atoms with Crippen molar-refractivity contribution in [3.63, 3.8) is 0 Å². The van der Waals surface area contributed by atoms with E-state index in [-0.39, 0.29) is 5.60 Å². The standard InChI is InChI=1S/C13H25NO/c1-9(10-5-6-10)14-11-7-12(8-11)15-13(2,3)4/h9-12,14H,5-8H2,1-4H3. The van der Waals surface area contributed by atoms with Gasteiger partial charge in [-0.2, -0.15) is 0 Å². The third kappa shape index (κ3) is 3.46. The Labute approximate surface area is 93.8 Å². The molecular formula is C13H25NO. The molecule has 0 radical (unpaired) electrons. The van der Waals surface area contributed by atoms with Gasteiger partial charge in [0.1, 0.15) is 0 Å². The Kier molecular flexibility index (Phi) is 3.09. The molecule has 0 aromatic rings. The highest BCUT2D eigenvalue weighted by atomic mass is 16.5. The molecule has 2 nitrogen and oxygen atoms in total. The van der Waals surface area contributed by atoms with Crippen molar-refractivity contribution in [2.45, 2.75) is 77.2 Å². The van der Waals surface area contributed by atoms with E-state index >= 15 is 0 Å². The van der Waals surface area contributed by atoms with Crippen molar-refractivity contribution in [3.8, 4) is 0 Å². The van der Waals surface area contributed by atoms with Crippen LogP contribution in [0.1, 0.15) is 53.4 Å². The molecule has 0 saturated heterocycles. The zero-order chi connectivity index (χ0) is 11.1. The maximum Gasteiger partial charge on any atom is 0.0612 e. The summed E-state index contributed by atoms with van der Waals surface area (Å²) in [6.07, 6.45) is 5.77. The van der Waals surface area contributed by atoms with Gasteiger partial charge in [-0.3, -0.25) is 0 Å². The summed E-state index contributed by atoms with van der Waals surface area (Å²) >= 11 is 0. The molecule has 2 rings (SSSR count). The van der Waals surface area contributed by atoms with Gasteiger partial charge in [0, 0.05) is 12.1 Å². The monoisotopic (exact) mass is 211 g/mol. The maximum absolute atomic E-state index is 5.92. The molecule has 15 heavy (non-hydrogen) atoms. The molecule has 2 aliphatic rings. The number of nitrogens with one attached hydrogen (secondary N) is 1. The highest BCUT2D eigenvalue weighted by molar-refractivity contribution is 4.92. The van der Waals surface area contributed by atoms with Gasteiger partial charge in [0.2, 0.25) is 0 Å². The van der Waals surface area contributed by atoms with Crippen LogP contribution in [0.2, 0.25) is 0 Å². The average molecular weight is 211 g/mol. The van der Waals surface area contributed by atoms with Crippen LogP contribution in [-0.2, 0) is 4.74 Å². The van der Waals surface area contributed by atoms with Crippen molar-refractivity contribution in [1.29, 1.82) is 0 Å². The van der Waals surface area contributed by atoms with Crippen LogP contribution in [0.15, 0.2) is 0 Å². The van der Waals surface area contributed by atoms with Crippen LogP contribution in [0.25, 0.3) is 0 Å². The number of hydrogen-bond donors (Lipinski definition) is 1. The Balaban J connectivity index is 1.61. The molecule has 1 unspecified atom stereocenters. The van der Waals surface area contributed by atoms with Gasteiger partial charge in [0.15, 0.2) is 0 Å². The SMILES string of the molecule is CC(NC1CC(OC(C)(C)C)C1)C1CC1. The fraction of sp³-hybridized carbons (Fsp3) is 1.00. The highest BCUT2D eigenvalue weighted by Crippen LogP contribution is 2.34. The third-order valence-corrected chi connectivity index (χ3v) is 3.44. The molecule has 1 atom stereocenters. The lowest BCUT2D eigenvalue weighted by molar-refractivity contribution is -0.103. The second-order valence-corrected chi connectivity index (χ2v) is 6.31. The second-order valence-electron chi connectivity index (χ2n) is 6.31.